The smallest absolute Gasteiger partial charge is 0.264 e. The molecule has 0 spiro atoms. The summed E-state index contributed by atoms with van der Waals surface area (Å²) in [5, 5.41) is 10.3. The number of benzene rings is 1. The summed E-state index contributed by atoms with van der Waals surface area (Å²) in [4.78, 5) is 12.7. The third kappa shape index (κ3) is 4.84. The number of rotatable bonds is 6. The molecule has 206 valence electrons. The number of hydrogen-bond donors (Lipinski definition) is 3. The van der Waals surface area contributed by atoms with Gasteiger partial charge in [-0.05, 0) is 135 Å². The van der Waals surface area contributed by atoms with E-state index in [9.17, 15) is 18.3 Å². The van der Waals surface area contributed by atoms with E-state index in [0.717, 1.165) is 30.6 Å². The zero-order valence-electron chi connectivity index (χ0n) is 22.8. The van der Waals surface area contributed by atoms with E-state index in [4.69, 9.17) is 5.73 Å². The van der Waals surface area contributed by atoms with Crippen LogP contribution in [0.25, 0.3) is 0 Å². The first-order valence-corrected chi connectivity index (χ1v) is 16.0. The number of sulfonamides is 1. The number of nitrogens with two attached hydrogens (primary N) is 1. The quantitative estimate of drug-likeness (QED) is 0.420. The second-order valence-electron chi connectivity index (χ2n) is 13.4. The van der Waals surface area contributed by atoms with Gasteiger partial charge in [-0.2, -0.15) is 0 Å². The van der Waals surface area contributed by atoms with Crippen molar-refractivity contribution >= 4 is 21.6 Å². The molecule has 4 aliphatic carbocycles. The summed E-state index contributed by atoms with van der Waals surface area (Å²) >= 11 is 0. The average molecular weight is 531 g/mol. The molecule has 1 aromatic rings. The lowest BCUT2D eigenvalue weighted by Crippen LogP contribution is -2.54. The van der Waals surface area contributed by atoms with Crippen molar-refractivity contribution < 1.29 is 18.3 Å². The third-order valence-electron chi connectivity index (χ3n) is 11.7. The van der Waals surface area contributed by atoms with Gasteiger partial charge in [0.15, 0.2) is 0 Å². The van der Waals surface area contributed by atoms with Crippen LogP contribution in [0.1, 0.15) is 91.4 Å². The Morgan fingerprint density at radius 3 is 2.43 bits per heavy atom. The van der Waals surface area contributed by atoms with Crippen molar-refractivity contribution in [3.63, 3.8) is 0 Å². The first-order valence-electron chi connectivity index (χ1n) is 14.5. The lowest BCUT2D eigenvalue weighted by Gasteiger charge is -2.61. The van der Waals surface area contributed by atoms with Gasteiger partial charge >= 0.3 is 0 Å². The molecule has 0 bridgehead atoms. The predicted octanol–water partition coefficient (Wildman–Crippen LogP) is 5.51. The largest absolute Gasteiger partial charge is 0.399 e. The van der Waals surface area contributed by atoms with Gasteiger partial charge in [-0.15, -0.1) is 0 Å². The second-order valence-corrected chi connectivity index (χ2v) is 15.1. The molecule has 0 radical (unpaired) electrons. The van der Waals surface area contributed by atoms with Crippen LogP contribution in [0, 0.1) is 46.3 Å². The van der Waals surface area contributed by atoms with Gasteiger partial charge in [-0.1, -0.05) is 20.8 Å². The normalized spacial score (nSPS) is 40.2. The number of carbonyl (C=O) groups excluding carboxylic acids is 1. The van der Waals surface area contributed by atoms with Crippen LogP contribution in [-0.2, 0) is 14.8 Å². The van der Waals surface area contributed by atoms with E-state index in [1.165, 1.54) is 69.2 Å². The Balaban J connectivity index is 1.20. The number of aliphatic hydroxyl groups is 1. The van der Waals surface area contributed by atoms with E-state index in [0.29, 0.717) is 40.7 Å². The zero-order valence-corrected chi connectivity index (χ0v) is 23.6. The monoisotopic (exact) mass is 530 g/mol. The molecule has 1 amide bonds. The summed E-state index contributed by atoms with van der Waals surface area (Å²) in [6.07, 6.45) is 11.6. The van der Waals surface area contributed by atoms with Crippen molar-refractivity contribution in [2.45, 2.75) is 102 Å². The van der Waals surface area contributed by atoms with Gasteiger partial charge in [0.25, 0.3) is 10.0 Å². The Hall–Kier alpha value is -1.60. The van der Waals surface area contributed by atoms with E-state index in [-0.39, 0.29) is 17.4 Å². The fourth-order valence-electron chi connectivity index (χ4n) is 9.68. The Bertz CT molecular complexity index is 1110. The van der Waals surface area contributed by atoms with E-state index < -0.39 is 15.9 Å². The fraction of sp³-hybridized carbons (Fsp3) is 0.767. The summed E-state index contributed by atoms with van der Waals surface area (Å²) in [7, 11) is -3.88. The molecule has 4 saturated carbocycles. The van der Waals surface area contributed by atoms with Gasteiger partial charge in [0.05, 0.1) is 11.0 Å². The second kappa shape index (κ2) is 9.86. The molecule has 5 rings (SSSR count). The Morgan fingerprint density at radius 2 is 1.70 bits per heavy atom. The van der Waals surface area contributed by atoms with Gasteiger partial charge in [0.1, 0.15) is 0 Å². The van der Waals surface area contributed by atoms with E-state index in [2.05, 4.69) is 25.5 Å². The fourth-order valence-corrected chi connectivity index (χ4v) is 10.7. The summed E-state index contributed by atoms with van der Waals surface area (Å²) in [6, 6.07) is 5.90. The molecule has 0 aliphatic heterocycles. The molecule has 4 aliphatic rings. The number of carbonyl (C=O) groups is 1. The standard InChI is InChI=1S/C30H46N2O4S/c1-19(4-13-28(34)32-37(35,36)23-8-6-21(31)7-9-23)25-11-12-26-24-10-5-20-18-22(33)14-16-29(20,2)27(24)15-17-30(25,26)3/h6-9,19-20,22,24-27,33H,4-5,10-18,31H2,1-3H3,(H,32,34). The highest BCUT2D eigenvalue weighted by Crippen LogP contribution is 2.68. The van der Waals surface area contributed by atoms with Crippen LogP contribution >= 0.6 is 0 Å². The molecule has 9 atom stereocenters. The molecular weight excluding hydrogens is 484 g/mol. The number of hydrogen-bond acceptors (Lipinski definition) is 5. The maximum absolute atomic E-state index is 12.6. The summed E-state index contributed by atoms with van der Waals surface area (Å²) in [5.41, 5.74) is 6.84. The molecule has 0 saturated heterocycles. The van der Waals surface area contributed by atoms with Crippen LogP contribution in [-0.4, -0.2) is 25.5 Å². The number of anilines is 1. The first kappa shape index (κ1) is 27.0. The number of nitrogen functional groups attached to an aromatic ring is 1. The topological polar surface area (TPSA) is 109 Å². The highest BCUT2D eigenvalue weighted by Gasteiger charge is 2.60. The van der Waals surface area contributed by atoms with Crippen LogP contribution in [0.15, 0.2) is 29.2 Å². The van der Waals surface area contributed by atoms with Crippen LogP contribution in [0.4, 0.5) is 5.69 Å². The van der Waals surface area contributed by atoms with Crippen molar-refractivity contribution in [2.24, 2.45) is 46.3 Å². The van der Waals surface area contributed by atoms with Crippen molar-refractivity contribution in [3.8, 4) is 0 Å². The maximum atomic E-state index is 12.6. The van der Waals surface area contributed by atoms with Crippen LogP contribution in [0.3, 0.4) is 0 Å². The summed E-state index contributed by atoms with van der Waals surface area (Å²) in [6.45, 7) is 7.33. The minimum atomic E-state index is -3.88. The predicted molar refractivity (Wildman–Crippen MR) is 146 cm³/mol. The molecule has 1 aromatic carbocycles. The molecule has 7 heteroatoms. The van der Waals surface area contributed by atoms with E-state index in [1.807, 2.05) is 0 Å². The molecule has 37 heavy (non-hydrogen) atoms. The number of aliphatic hydroxyl groups excluding tert-OH is 1. The average Bonchev–Trinajstić information content (AvgIpc) is 3.20. The SMILES string of the molecule is CC(CCC(=O)NS(=O)(=O)c1ccc(N)cc1)C1CCC2C3CCC4CC(O)CCC4(C)C3CCC12C. The highest BCUT2D eigenvalue weighted by molar-refractivity contribution is 7.90. The van der Waals surface area contributed by atoms with Crippen LogP contribution in [0.5, 0.6) is 0 Å². The zero-order chi connectivity index (χ0) is 26.6. The van der Waals surface area contributed by atoms with Gasteiger partial charge in [-0.3, -0.25) is 4.79 Å². The van der Waals surface area contributed by atoms with E-state index in [1.54, 1.807) is 0 Å². The number of fused-ring (bicyclic) bond motifs is 5. The highest BCUT2D eigenvalue weighted by atomic mass is 32.2. The summed E-state index contributed by atoms with van der Waals surface area (Å²) in [5.74, 6) is 3.55. The van der Waals surface area contributed by atoms with Crippen molar-refractivity contribution in [2.75, 3.05) is 5.73 Å². The van der Waals surface area contributed by atoms with Gasteiger partial charge in [0, 0.05) is 12.1 Å². The van der Waals surface area contributed by atoms with Gasteiger partial charge < -0.3 is 10.8 Å². The Labute approximate surface area is 223 Å². The lowest BCUT2D eigenvalue weighted by molar-refractivity contribution is -0.129. The molecular formula is C30H46N2O4S. The minimum absolute atomic E-state index is 0.0573. The minimum Gasteiger partial charge on any atom is -0.399 e. The molecule has 4 fully saturated rings. The van der Waals surface area contributed by atoms with Crippen LogP contribution < -0.4 is 10.5 Å². The molecule has 0 heterocycles. The Kier molecular flexibility index (Phi) is 7.19. The Morgan fingerprint density at radius 1 is 1.03 bits per heavy atom. The van der Waals surface area contributed by atoms with Crippen molar-refractivity contribution in [3.05, 3.63) is 24.3 Å². The number of nitrogens with one attached hydrogen (secondary N) is 1. The number of amides is 1. The van der Waals surface area contributed by atoms with Gasteiger partial charge in [-0.25, -0.2) is 13.1 Å². The maximum Gasteiger partial charge on any atom is 0.264 e. The summed E-state index contributed by atoms with van der Waals surface area (Å²) < 4.78 is 27.4. The third-order valence-corrected chi connectivity index (χ3v) is 13.1. The van der Waals surface area contributed by atoms with Gasteiger partial charge in [0.2, 0.25) is 5.91 Å². The molecule has 6 nitrogen and oxygen atoms in total. The van der Waals surface area contributed by atoms with Crippen molar-refractivity contribution in [1.29, 1.82) is 0 Å². The molecule has 0 aromatic heterocycles. The molecule has 9 unspecified atom stereocenters. The van der Waals surface area contributed by atoms with Crippen LogP contribution in [0.2, 0.25) is 0 Å². The van der Waals surface area contributed by atoms with E-state index >= 15 is 0 Å². The van der Waals surface area contributed by atoms with Crippen molar-refractivity contribution in [1.82, 2.24) is 4.72 Å². The first-order chi connectivity index (χ1) is 17.4. The lowest BCUT2D eigenvalue weighted by atomic mass is 9.44. The molecule has 4 N–H and O–H groups in total.